The number of hydrogen-bond acceptors (Lipinski definition) is 8. The van der Waals surface area contributed by atoms with Gasteiger partial charge in [0.1, 0.15) is 5.75 Å². The van der Waals surface area contributed by atoms with Crippen LogP contribution in [0.1, 0.15) is 5.89 Å². The molecule has 0 N–H and O–H groups in total. The van der Waals surface area contributed by atoms with E-state index in [9.17, 15) is 8.78 Å². The van der Waals surface area contributed by atoms with Gasteiger partial charge in [0.05, 0.1) is 25.7 Å². The van der Waals surface area contributed by atoms with Crippen LogP contribution in [0.5, 0.6) is 17.2 Å². The molecule has 2 heterocycles. The Bertz CT molecular complexity index is 1200. The first-order chi connectivity index (χ1) is 15.6. The van der Waals surface area contributed by atoms with Gasteiger partial charge in [0.25, 0.3) is 0 Å². The van der Waals surface area contributed by atoms with Crippen LogP contribution in [0, 0.1) is 0 Å². The third kappa shape index (κ3) is 4.83. The molecule has 0 bridgehead atoms. The highest BCUT2D eigenvalue weighted by molar-refractivity contribution is 7.98. The van der Waals surface area contributed by atoms with Crippen molar-refractivity contribution in [2.75, 3.05) is 14.2 Å². The van der Waals surface area contributed by atoms with Gasteiger partial charge in [-0.25, -0.2) is 4.98 Å². The molecule has 0 saturated carbocycles. The molecule has 0 radical (unpaired) electrons. The third-order valence-electron chi connectivity index (χ3n) is 4.37. The number of imidazole rings is 1. The molecule has 0 spiro atoms. The standard InChI is InChI=1S/C21H18F2N4O4S/c1-28-15-5-3-4-14(11-15)27-9-8-24-21(27)32-12-18-25-19(26-31-18)13-6-7-16(30-20(22)23)17(10-13)29-2/h3-11,20H,12H2,1-2H3. The van der Waals surface area contributed by atoms with Gasteiger partial charge in [-0.05, 0) is 30.3 Å². The molecule has 0 unspecified atom stereocenters. The normalized spacial score (nSPS) is 11.0. The molecule has 11 heteroatoms. The molecule has 32 heavy (non-hydrogen) atoms. The number of benzene rings is 2. The highest BCUT2D eigenvalue weighted by atomic mass is 32.2. The third-order valence-corrected chi connectivity index (χ3v) is 5.32. The van der Waals surface area contributed by atoms with Crippen molar-refractivity contribution in [3.63, 3.8) is 0 Å². The van der Waals surface area contributed by atoms with E-state index in [0.29, 0.717) is 23.0 Å². The zero-order chi connectivity index (χ0) is 22.5. The van der Waals surface area contributed by atoms with Crippen LogP contribution in [0.2, 0.25) is 0 Å². The van der Waals surface area contributed by atoms with Crippen LogP contribution in [0.15, 0.2) is 64.5 Å². The predicted octanol–water partition coefficient (Wildman–Crippen LogP) is 4.83. The smallest absolute Gasteiger partial charge is 0.387 e. The molecular formula is C21H18F2N4O4S. The van der Waals surface area contributed by atoms with Crippen LogP contribution in [0.3, 0.4) is 0 Å². The Labute approximate surface area is 186 Å². The average Bonchev–Trinajstić information content (AvgIpc) is 3.47. The second-order valence-electron chi connectivity index (χ2n) is 6.33. The van der Waals surface area contributed by atoms with E-state index in [-0.39, 0.29) is 11.5 Å². The van der Waals surface area contributed by atoms with Crippen molar-refractivity contribution in [3.05, 3.63) is 60.7 Å². The van der Waals surface area contributed by atoms with Gasteiger partial charge in [-0.3, -0.25) is 4.57 Å². The van der Waals surface area contributed by atoms with Crippen LogP contribution in [-0.2, 0) is 5.75 Å². The number of aromatic nitrogens is 4. The Balaban J connectivity index is 1.48. The quantitative estimate of drug-likeness (QED) is 0.328. The molecule has 4 aromatic rings. The fourth-order valence-electron chi connectivity index (χ4n) is 2.91. The molecule has 2 aromatic heterocycles. The number of thioether (sulfide) groups is 1. The Kier molecular flexibility index (Phi) is 6.55. The molecule has 0 amide bonds. The first-order valence-corrected chi connectivity index (χ1v) is 10.3. The maximum absolute atomic E-state index is 12.5. The van der Waals surface area contributed by atoms with E-state index in [1.165, 1.54) is 31.0 Å². The van der Waals surface area contributed by atoms with Crippen molar-refractivity contribution in [1.82, 2.24) is 19.7 Å². The summed E-state index contributed by atoms with van der Waals surface area (Å²) in [5.41, 5.74) is 1.45. The van der Waals surface area contributed by atoms with E-state index in [1.54, 1.807) is 19.4 Å². The zero-order valence-electron chi connectivity index (χ0n) is 17.1. The maximum atomic E-state index is 12.5. The van der Waals surface area contributed by atoms with Crippen molar-refractivity contribution in [3.8, 4) is 34.3 Å². The first kappa shape index (κ1) is 21.6. The van der Waals surface area contributed by atoms with Crippen molar-refractivity contribution >= 4 is 11.8 Å². The molecule has 0 atom stereocenters. The van der Waals surface area contributed by atoms with Crippen molar-refractivity contribution in [2.24, 2.45) is 0 Å². The minimum absolute atomic E-state index is 0.0742. The Morgan fingerprint density at radius 3 is 2.75 bits per heavy atom. The second kappa shape index (κ2) is 9.69. The zero-order valence-corrected chi connectivity index (χ0v) is 17.9. The van der Waals surface area contributed by atoms with E-state index >= 15 is 0 Å². The molecular weight excluding hydrogens is 442 g/mol. The lowest BCUT2D eigenvalue weighted by atomic mass is 10.2. The van der Waals surface area contributed by atoms with Crippen molar-refractivity contribution in [1.29, 1.82) is 0 Å². The van der Waals surface area contributed by atoms with Gasteiger partial charge in [-0.1, -0.05) is 23.0 Å². The number of ether oxygens (including phenoxy) is 3. The molecule has 0 fully saturated rings. The summed E-state index contributed by atoms with van der Waals surface area (Å²) in [7, 11) is 2.98. The van der Waals surface area contributed by atoms with Crippen LogP contribution >= 0.6 is 11.8 Å². The molecule has 2 aromatic carbocycles. The molecule has 166 valence electrons. The van der Waals surface area contributed by atoms with Crippen molar-refractivity contribution in [2.45, 2.75) is 17.5 Å². The van der Waals surface area contributed by atoms with Gasteiger partial charge in [0, 0.05) is 24.0 Å². The summed E-state index contributed by atoms with van der Waals surface area (Å²) in [4.78, 5) is 8.76. The molecule has 8 nitrogen and oxygen atoms in total. The molecule has 0 aliphatic carbocycles. The van der Waals surface area contributed by atoms with Gasteiger partial charge in [0.15, 0.2) is 16.7 Å². The second-order valence-corrected chi connectivity index (χ2v) is 7.27. The monoisotopic (exact) mass is 460 g/mol. The van der Waals surface area contributed by atoms with E-state index < -0.39 is 6.61 Å². The van der Waals surface area contributed by atoms with E-state index in [2.05, 4.69) is 19.9 Å². The summed E-state index contributed by atoms with van der Waals surface area (Å²) < 4.78 is 47.1. The number of halogens is 2. The molecule has 0 aliphatic rings. The number of rotatable bonds is 9. The lowest BCUT2D eigenvalue weighted by Crippen LogP contribution is -2.03. The van der Waals surface area contributed by atoms with E-state index in [4.69, 9.17) is 14.0 Å². The summed E-state index contributed by atoms with van der Waals surface area (Å²) in [6.45, 7) is -2.95. The minimum Gasteiger partial charge on any atom is -0.497 e. The summed E-state index contributed by atoms with van der Waals surface area (Å²) in [5, 5.41) is 4.71. The van der Waals surface area contributed by atoms with E-state index in [0.717, 1.165) is 16.6 Å². The molecule has 4 rings (SSSR count). The Morgan fingerprint density at radius 1 is 1.09 bits per heavy atom. The highest BCUT2D eigenvalue weighted by Gasteiger charge is 2.16. The summed E-state index contributed by atoms with van der Waals surface area (Å²) in [6, 6.07) is 12.1. The largest absolute Gasteiger partial charge is 0.497 e. The fraction of sp³-hybridized carbons (Fsp3) is 0.190. The topological polar surface area (TPSA) is 84.4 Å². The van der Waals surface area contributed by atoms with Crippen LogP contribution < -0.4 is 14.2 Å². The van der Waals surface area contributed by atoms with Crippen LogP contribution in [0.25, 0.3) is 17.1 Å². The van der Waals surface area contributed by atoms with Crippen LogP contribution in [-0.4, -0.2) is 40.5 Å². The number of nitrogens with zero attached hydrogens (tertiary/aromatic N) is 4. The van der Waals surface area contributed by atoms with Gasteiger partial charge in [-0.2, -0.15) is 13.8 Å². The lowest BCUT2D eigenvalue weighted by Gasteiger charge is -2.10. The maximum Gasteiger partial charge on any atom is 0.387 e. The SMILES string of the molecule is COc1cccc(-n2ccnc2SCc2nc(-c3ccc(OC(F)F)c(OC)c3)no2)c1. The number of alkyl halides is 2. The van der Waals surface area contributed by atoms with Gasteiger partial charge in [0.2, 0.25) is 11.7 Å². The van der Waals surface area contributed by atoms with Crippen molar-refractivity contribution < 1.29 is 27.5 Å². The van der Waals surface area contributed by atoms with Crippen LogP contribution in [0.4, 0.5) is 8.78 Å². The number of hydrogen-bond donors (Lipinski definition) is 0. The van der Waals surface area contributed by atoms with Gasteiger partial charge < -0.3 is 18.7 Å². The van der Waals surface area contributed by atoms with Gasteiger partial charge in [-0.15, -0.1) is 0 Å². The highest BCUT2D eigenvalue weighted by Crippen LogP contribution is 2.33. The van der Waals surface area contributed by atoms with Gasteiger partial charge >= 0.3 is 6.61 Å². The number of methoxy groups -OCH3 is 2. The minimum atomic E-state index is -2.95. The summed E-state index contributed by atoms with van der Waals surface area (Å²) in [5.74, 6) is 1.89. The lowest BCUT2D eigenvalue weighted by molar-refractivity contribution is -0.0512. The fourth-order valence-corrected chi connectivity index (χ4v) is 3.72. The Morgan fingerprint density at radius 2 is 1.97 bits per heavy atom. The first-order valence-electron chi connectivity index (χ1n) is 9.33. The summed E-state index contributed by atoms with van der Waals surface area (Å²) in [6.07, 6.45) is 3.56. The summed E-state index contributed by atoms with van der Waals surface area (Å²) >= 11 is 1.43. The molecule has 0 aliphatic heterocycles. The average molecular weight is 460 g/mol. The predicted molar refractivity (Wildman–Crippen MR) is 113 cm³/mol. The Hall–Kier alpha value is -3.60. The van der Waals surface area contributed by atoms with E-state index in [1.807, 2.05) is 35.0 Å². The molecule has 0 saturated heterocycles.